The number of aromatic hydroxyl groups is 1. The predicted molar refractivity (Wildman–Crippen MR) is 82.1 cm³/mol. The van der Waals surface area contributed by atoms with Crippen LogP contribution in [0.5, 0.6) is 11.5 Å². The molecule has 2 rings (SSSR count). The van der Waals surface area contributed by atoms with Gasteiger partial charge in [0.2, 0.25) is 0 Å². The van der Waals surface area contributed by atoms with Gasteiger partial charge in [-0.3, -0.25) is 9.98 Å². The number of methoxy groups -OCH3 is 1. The molecule has 0 fully saturated rings. The van der Waals surface area contributed by atoms with Crippen molar-refractivity contribution in [3.8, 4) is 11.5 Å². The van der Waals surface area contributed by atoms with Gasteiger partial charge in [-0.25, -0.2) is 0 Å². The van der Waals surface area contributed by atoms with E-state index in [0.29, 0.717) is 17.0 Å². The number of rotatable bonds is 5. The topological polar surface area (TPSA) is 108 Å². The third kappa shape index (κ3) is 3.74. The van der Waals surface area contributed by atoms with Gasteiger partial charge in [-0.2, -0.15) is 13.5 Å². The minimum absolute atomic E-state index is 0.0303. The first-order chi connectivity index (χ1) is 10.4. The molecular formula is C14H14N2O5S. The van der Waals surface area contributed by atoms with Gasteiger partial charge in [0.05, 0.1) is 23.9 Å². The van der Waals surface area contributed by atoms with Crippen molar-refractivity contribution in [1.29, 1.82) is 0 Å². The molecule has 3 N–H and O–H groups in total. The summed E-state index contributed by atoms with van der Waals surface area (Å²) in [6.07, 6.45) is 1.40. The predicted octanol–water partition coefficient (Wildman–Crippen LogP) is 2.09. The molecule has 0 saturated carbocycles. The molecule has 2 aromatic carbocycles. The molecule has 0 saturated heterocycles. The minimum Gasteiger partial charge on any atom is -0.504 e. The Bertz CT molecular complexity index is 785. The zero-order chi connectivity index (χ0) is 16.2. The summed E-state index contributed by atoms with van der Waals surface area (Å²) in [6.45, 7) is 0. The molecule has 7 nitrogen and oxygen atoms in total. The highest BCUT2D eigenvalue weighted by molar-refractivity contribution is 7.85. The Morgan fingerprint density at radius 3 is 2.45 bits per heavy atom. The van der Waals surface area contributed by atoms with E-state index in [-0.39, 0.29) is 10.6 Å². The van der Waals surface area contributed by atoms with Crippen LogP contribution in [0.3, 0.4) is 0 Å². The van der Waals surface area contributed by atoms with E-state index in [1.165, 1.54) is 37.6 Å². The second-order valence-corrected chi connectivity index (χ2v) is 5.69. The van der Waals surface area contributed by atoms with E-state index in [0.717, 1.165) is 0 Å². The van der Waals surface area contributed by atoms with Crippen LogP contribution in [0.1, 0.15) is 5.56 Å². The highest BCUT2D eigenvalue weighted by Crippen LogP contribution is 2.28. The minimum atomic E-state index is -4.21. The number of phenols is 1. The molecule has 22 heavy (non-hydrogen) atoms. The standard InChI is InChI=1S/C14H14N2O5S/c1-21-13-4-2-3-10(14(13)17)9-15-16-11-5-7-12(8-6-11)22(18,19)20/h2-9,16-17H,1H3,(H,18,19,20)/b15-9-. The average molecular weight is 322 g/mol. The fraction of sp³-hybridized carbons (Fsp3) is 0.0714. The number of nitrogens with one attached hydrogen (secondary N) is 1. The summed E-state index contributed by atoms with van der Waals surface area (Å²) >= 11 is 0. The maximum Gasteiger partial charge on any atom is 0.294 e. The number of benzene rings is 2. The molecule has 0 aliphatic rings. The number of phenolic OH excluding ortho intramolecular Hbond substituents is 1. The molecule has 116 valence electrons. The first-order valence-electron chi connectivity index (χ1n) is 6.14. The van der Waals surface area contributed by atoms with Crippen molar-refractivity contribution in [2.24, 2.45) is 5.10 Å². The molecule has 0 bridgehead atoms. The largest absolute Gasteiger partial charge is 0.504 e. The Morgan fingerprint density at radius 2 is 1.86 bits per heavy atom. The normalized spacial score (nSPS) is 11.5. The van der Waals surface area contributed by atoms with Crippen LogP contribution in [0.4, 0.5) is 5.69 Å². The van der Waals surface area contributed by atoms with Crippen LogP contribution in [0.25, 0.3) is 0 Å². The van der Waals surface area contributed by atoms with Crippen molar-refractivity contribution in [3.05, 3.63) is 48.0 Å². The number of nitrogens with zero attached hydrogens (tertiary/aromatic N) is 1. The molecule has 0 aliphatic carbocycles. The van der Waals surface area contributed by atoms with Crippen molar-refractivity contribution in [2.45, 2.75) is 4.90 Å². The summed E-state index contributed by atoms with van der Waals surface area (Å²) < 4.78 is 35.7. The second kappa shape index (κ2) is 6.46. The van der Waals surface area contributed by atoms with E-state index in [4.69, 9.17) is 9.29 Å². The maximum atomic E-state index is 10.9. The zero-order valence-electron chi connectivity index (χ0n) is 11.6. The molecule has 0 amide bonds. The first kappa shape index (κ1) is 15.8. The lowest BCUT2D eigenvalue weighted by Gasteiger charge is -2.05. The number of hydrogen-bond acceptors (Lipinski definition) is 6. The van der Waals surface area contributed by atoms with E-state index in [1.54, 1.807) is 18.2 Å². The summed E-state index contributed by atoms with van der Waals surface area (Å²) in [5.41, 5.74) is 3.66. The van der Waals surface area contributed by atoms with Crippen molar-refractivity contribution in [3.63, 3.8) is 0 Å². The Morgan fingerprint density at radius 1 is 1.18 bits per heavy atom. The van der Waals surface area contributed by atoms with Crippen LogP contribution in [0.2, 0.25) is 0 Å². The summed E-state index contributed by atoms with van der Waals surface area (Å²) in [5.74, 6) is 0.304. The van der Waals surface area contributed by atoms with Crippen molar-refractivity contribution in [2.75, 3.05) is 12.5 Å². The Balaban J connectivity index is 2.10. The van der Waals surface area contributed by atoms with Gasteiger partial charge in [-0.05, 0) is 36.4 Å². The van der Waals surface area contributed by atoms with Crippen LogP contribution < -0.4 is 10.2 Å². The lowest BCUT2D eigenvalue weighted by atomic mass is 10.2. The molecule has 0 unspecified atom stereocenters. The van der Waals surface area contributed by atoms with Crippen LogP contribution >= 0.6 is 0 Å². The summed E-state index contributed by atoms with van der Waals surface area (Å²) in [4.78, 5) is -0.201. The second-order valence-electron chi connectivity index (χ2n) is 4.27. The fourth-order valence-corrected chi connectivity index (χ4v) is 2.17. The summed E-state index contributed by atoms with van der Waals surface area (Å²) in [6, 6.07) is 10.4. The van der Waals surface area contributed by atoms with Crippen LogP contribution in [0.15, 0.2) is 52.5 Å². The van der Waals surface area contributed by atoms with Gasteiger partial charge in [0.15, 0.2) is 11.5 Å². The highest BCUT2D eigenvalue weighted by Gasteiger charge is 2.08. The quantitative estimate of drug-likeness (QED) is 0.442. The van der Waals surface area contributed by atoms with E-state index < -0.39 is 10.1 Å². The molecule has 2 aromatic rings. The van der Waals surface area contributed by atoms with Gasteiger partial charge in [-0.15, -0.1) is 0 Å². The van der Waals surface area contributed by atoms with Crippen LogP contribution in [0, 0.1) is 0 Å². The first-order valence-corrected chi connectivity index (χ1v) is 7.58. The third-order valence-corrected chi connectivity index (χ3v) is 3.67. The van der Waals surface area contributed by atoms with Crippen molar-refractivity contribution >= 4 is 22.0 Å². The van der Waals surface area contributed by atoms with E-state index >= 15 is 0 Å². The number of hydrazone groups is 1. The smallest absolute Gasteiger partial charge is 0.294 e. The molecule has 0 spiro atoms. The molecular weight excluding hydrogens is 308 g/mol. The molecule has 0 heterocycles. The Labute approximate surface area is 127 Å². The molecule has 0 aliphatic heterocycles. The number of hydrogen-bond donors (Lipinski definition) is 3. The van der Waals surface area contributed by atoms with Gasteiger partial charge in [0.1, 0.15) is 0 Å². The SMILES string of the molecule is COc1cccc(/C=N\Nc2ccc(S(=O)(=O)O)cc2)c1O. The molecule has 0 aromatic heterocycles. The summed E-state index contributed by atoms with van der Waals surface area (Å²) in [5, 5.41) is 13.8. The van der Waals surface area contributed by atoms with Crippen LogP contribution in [-0.4, -0.2) is 31.4 Å². The van der Waals surface area contributed by atoms with Crippen molar-refractivity contribution in [1.82, 2.24) is 0 Å². The van der Waals surface area contributed by atoms with E-state index in [1.807, 2.05) is 0 Å². The zero-order valence-corrected chi connectivity index (χ0v) is 12.4. The van der Waals surface area contributed by atoms with Gasteiger partial charge in [-0.1, -0.05) is 6.07 Å². The van der Waals surface area contributed by atoms with Crippen LogP contribution in [-0.2, 0) is 10.1 Å². The van der Waals surface area contributed by atoms with E-state index in [9.17, 15) is 13.5 Å². The number of para-hydroxylation sites is 1. The number of anilines is 1. The molecule has 8 heteroatoms. The van der Waals surface area contributed by atoms with Gasteiger partial charge in [0.25, 0.3) is 10.1 Å². The van der Waals surface area contributed by atoms with Gasteiger partial charge in [0, 0.05) is 5.56 Å². The summed E-state index contributed by atoms with van der Waals surface area (Å²) in [7, 11) is -2.76. The number of ether oxygens (including phenoxy) is 1. The lowest BCUT2D eigenvalue weighted by molar-refractivity contribution is 0.373. The maximum absolute atomic E-state index is 10.9. The molecule has 0 atom stereocenters. The van der Waals surface area contributed by atoms with Gasteiger partial charge < -0.3 is 9.84 Å². The fourth-order valence-electron chi connectivity index (χ4n) is 1.69. The Hall–Kier alpha value is -2.58. The lowest BCUT2D eigenvalue weighted by Crippen LogP contribution is -1.98. The molecule has 0 radical (unpaired) electrons. The Kier molecular flexibility index (Phi) is 4.64. The highest BCUT2D eigenvalue weighted by atomic mass is 32.2. The van der Waals surface area contributed by atoms with E-state index in [2.05, 4.69) is 10.5 Å². The van der Waals surface area contributed by atoms with Crippen molar-refractivity contribution < 1.29 is 22.8 Å². The average Bonchev–Trinajstić information content (AvgIpc) is 2.48. The monoisotopic (exact) mass is 322 g/mol. The third-order valence-electron chi connectivity index (χ3n) is 2.80. The van der Waals surface area contributed by atoms with Gasteiger partial charge >= 0.3 is 0 Å².